The van der Waals surface area contributed by atoms with Crippen LogP contribution < -0.4 is 0 Å². The Morgan fingerprint density at radius 3 is 0.852 bits per heavy atom. The molecule has 0 aromatic heterocycles. The van der Waals surface area contributed by atoms with Crippen LogP contribution in [0.15, 0.2) is 0 Å². The number of aliphatic hydroxyl groups is 10. The molecule has 0 aromatic rings. The summed E-state index contributed by atoms with van der Waals surface area (Å²) in [4.78, 5) is 56.5. The van der Waals surface area contributed by atoms with Gasteiger partial charge in [0.25, 0.3) is 0 Å². The van der Waals surface area contributed by atoms with Gasteiger partial charge in [-0.3, -0.25) is 24.0 Å². The lowest BCUT2D eigenvalue weighted by atomic mass is 9.77. The lowest BCUT2D eigenvalue weighted by Gasteiger charge is -2.48. The molecule has 0 radical (unpaired) electrons. The Kier molecular flexibility index (Phi) is 26.6. The predicted molar refractivity (Wildman–Crippen MR) is 278 cm³/mol. The minimum atomic E-state index is -3.67. The van der Waals surface area contributed by atoms with Gasteiger partial charge in [0.2, 0.25) is 0 Å². The highest BCUT2D eigenvalue weighted by molar-refractivity contribution is 5.88. The van der Waals surface area contributed by atoms with Crippen LogP contribution in [-0.2, 0) is 47.7 Å². The molecule has 20 nitrogen and oxygen atoms in total. The average molecular weight is 1190 g/mol. The van der Waals surface area contributed by atoms with Crippen LogP contribution in [0.5, 0.6) is 0 Å². The Balaban J connectivity index is 0.000000507. The summed E-state index contributed by atoms with van der Waals surface area (Å²) in [5.74, 6) is -12.1. The Bertz CT molecular complexity index is 1990. The summed E-state index contributed by atoms with van der Waals surface area (Å²) < 4.78 is 109. The van der Waals surface area contributed by atoms with Crippen LogP contribution in [0.25, 0.3) is 0 Å². The molecule has 0 aliphatic carbocycles. The van der Waals surface area contributed by atoms with Gasteiger partial charge in [0.15, 0.2) is 81.5 Å². The van der Waals surface area contributed by atoms with Gasteiger partial charge in [-0.25, -0.2) is 26.3 Å². The van der Waals surface area contributed by atoms with Gasteiger partial charge in [-0.2, -0.15) is 0 Å². The van der Waals surface area contributed by atoms with Crippen molar-refractivity contribution in [1.29, 1.82) is 0 Å². The molecule has 5 heterocycles. The first-order chi connectivity index (χ1) is 36.4. The number of Topliss-reactive ketones (excluding diaryl/α,β-unsaturated/α-hetero) is 5. The van der Waals surface area contributed by atoms with E-state index in [1.54, 1.807) is 34.6 Å². The van der Waals surface area contributed by atoms with Gasteiger partial charge in [0, 0.05) is 6.42 Å². The highest BCUT2D eigenvalue weighted by Crippen LogP contribution is 2.45. The van der Waals surface area contributed by atoms with Crippen molar-refractivity contribution in [3.63, 3.8) is 0 Å². The number of hydrogen-bond donors (Lipinski definition) is 10. The van der Waals surface area contributed by atoms with E-state index in [0.717, 1.165) is 27.7 Å². The van der Waals surface area contributed by atoms with Gasteiger partial charge < -0.3 is 74.7 Å². The van der Waals surface area contributed by atoms with Gasteiger partial charge in [-0.15, -0.1) is 0 Å². The van der Waals surface area contributed by atoms with E-state index in [2.05, 4.69) is 0 Å². The molecule has 5 aliphatic rings. The molecule has 0 aromatic carbocycles. The molecule has 0 spiro atoms. The maximum atomic E-state index is 13.9. The van der Waals surface area contributed by atoms with Crippen molar-refractivity contribution < 1.29 is 125 Å². The number of ether oxygens (including phenoxy) is 5. The number of halogens is 6. The summed E-state index contributed by atoms with van der Waals surface area (Å²) in [6.07, 6.45) is -22.2. The Morgan fingerprint density at radius 1 is 0.395 bits per heavy atom. The van der Waals surface area contributed by atoms with Gasteiger partial charge in [0.05, 0.1) is 54.9 Å². The highest BCUT2D eigenvalue weighted by atomic mass is 19.3. The summed E-state index contributed by atoms with van der Waals surface area (Å²) in [6.45, 7) is 29.7. The molecule has 0 bridgehead atoms. The third-order valence-electron chi connectivity index (χ3n) is 16.4. The van der Waals surface area contributed by atoms with Crippen molar-refractivity contribution in [3.05, 3.63) is 0 Å². The maximum Gasteiger partial charge on any atom is 0.302 e. The van der Waals surface area contributed by atoms with E-state index in [4.69, 9.17) is 23.7 Å². The predicted octanol–water partition coefficient (Wildman–Crippen LogP) is 2.89. The standard InChI is InChI=1S/2C11H18F2O4.2C11H19FO4.C11H20O4/c2*1-5(2)8-11(12,13)9(15)10(16,6(3)14)7(4)17-8;2*1-5(2)9-8(12)10(14)11(15,6(3)13)7(4)16-9;1-6(2)9-5-10(13)11(14,7(3)12)8(4)15-9/h2*5,7-9,15-16H,1-4H3;2*5,7-10,14-15H,1-4H3;6,8-10,13-14H,5H2,1-4H3. The number of aliphatic hydroxyl groups excluding tert-OH is 5. The summed E-state index contributed by atoms with van der Waals surface area (Å²) in [5.41, 5.74) is -11.2. The van der Waals surface area contributed by atoms with E-state index in [1.165, 1.54) is 62.3 Å². The zero-order valence-electron chi connectivity index (χ0n) is 50.2. The van der Waals surface area contributed by atoms with Crippen molar-refractivity contribution >= 4 is 28.9 Å². The molecule has 5 aliphatic heterocycles. The number of carbonyl (C=O) groups is 5. The number of carbonyl (C=O) groups excluding carboxylic acids is 5. The largest absolute Gasteiger partial charge is 0.389 e. The van der Waals surface area contributed by atoms with E-state index >= 15 is 0 Å². The van der Waals surface area contributed by atoms with Crippen molar-refractivity contribution in [1.82, 2.24) is 0 Å². The second-order valence-corrected chi connectivity index (χ2v) is 24.0. The number of ketones is 5. The molecule has 5 fully saturated rings. The number of rotatable bonds is 10. The molecule has 0 amide bonds. The van der Waals surface area contributed by atoms with Gasteiger partial charge in [0.1, 0.15) is 24.4 Å². The van der Waals surface area contributed by atoms with Crippen LogP contribution in [0, 0.1) is 29.6 Å². The lowest BCUT2D eigenvalue weighted by molar-refractivity contribution is -0.318. The topological polar surface area (TPSA) is 334 Å². The fourth-order valence-electron chi connectivity index (χ4n) is 10.6. The molecule has 22 atom stereocenters. The molecule has 22 unspecified atom stereocenters. The Labute approximate surface area is 471 Å². The van der Waals surface area contributed by atoms with Crippen LogP contribution in [0.2, 0.25) is 0 Å². The Morgan fingerprint density at radius 2 is 0.642 bits per heavy atom. The summed E-state index contributed by atoms with van der Waals surface area (Å²) in [6, 6.07) is 0. The lowest BCUT2D eigenvalue weighted by Crippen LogP contribution is -2.71. The molecule has 26 heteroatoms. The third-order valence-corrected chi connectivity index (χ3v) is 16.4. The fraction of sp³-hybridized carbons (Fsp3) is 0.909. The molecule has 10 N–H and O–H groups in total. The molecule has 0 saturated carbocycles. The van der Waals surface area contributed by atoms with E-state index < -0.39 is 178 Å². The molecule has 81 heavy (non-hydrogen) atoms. The molecule has 476 valence electrons. The number of alkyl halides is 6. The minimum absolute atomic E-state index is 0.102. The normalized spacial score (nSPS) is 42.9. The summed E-state index contributed by atoms with van der Waals surface area (Å²) in [7, 11) is 0. The maximum absolute atomic E-state index is 13.9. The molecular formula is C55H94F6O20. The van der Waals surface area contributed by atoms with E-state index in [9.17, 15) is 101 Å². The molecule has 5 rings (SSSR count). The van der Waals surface area contributed by atoms with E-state index in [1.807, 2.05) is 13.8 Å². The van der Waals surface area contributed by atoms with Crippen LogP contribution in [0.3, 0.4) is 0 Å². The second kappa shape index (κ2) is 28.2. The average Bonchev–Trinajstić information content (AvgIpc) is 3.34. The van der Waals surface area contributed by atoms with Crippen molar-refractivity contribution in [2.75, 3.05) is 0 Å². The van der Waals surface area contributed by atoms with E-state index in [-0.39, 0.29) is 23.9 Å². The highest BCUT2D eigenvalue weighted by Gasteiger charge is 2.68. The second-order valence-electron chi connectivity index (χ2n) is 24.0. The van der Waals surface area contributed by atoms with Gasteiger partial charge >= 0.3 is 11.8 Å². The Hall–Kier alpha value is -2.67. The first-order valence-corrected chi connectivity index (χ1v) is 27.2. The van der Waals surface area contributed by atoms with Crippen LogP contribution in [-0.4, -0.2) is 224 Å². The number of hydrogen-bond acceptors (Lipinski definition) is 20. The van der Waals surface area contributed by atoms with Crippen LogP contribution in [0.4, 0.5) is 26.3 Å². The summed E-state index contributed by atoms with van der Waals surface area (Å²) >= 11 is 0. The van der Waals surface area contributed by atoms with Gasteiger partial charge in [-0.1, -0.05) is 69.2 Å². The van der Waals surface area contributed by atoms with Crippen LogP contribution >= 0.6 is 0 Å². The van der Waals surface area contributed by atoms with Crippen molar-refractivity contribution in [2.45, 2.75) is 289 Å². The van der Waals surface area contributed by atoms with Gasteiger partial charge in [-0.05, 0) is 98.8 Å². The first kappa shape index (κ1) is 76.3. The SMILES string of the molecule is CC(=O)C1(O)C(C)OC(C(C)C)C(F)(F)C1O.CC(=O)C1(O)C(C)OC(C(C)C)C(F)(F)C1O.CC(=O)C1(O)C(C)OC(C(C)C)C(F)C1O.CC(=O)C1(O)C(C)OC(C(C)C)C(F)C1O.CC(=O)C1(O)C(O)CC(C(C)C)OC1C. The zero-order chi connectivity index (χ0) is 64.3. The fourth-order valence-corrected chi connectivity index (χ4v) is 10.6. The quantitative estimate of drug-likeness (QED) is 0.141. The minimum Gasteiger partial charge on any atom is -0.389 e. The van der Waals surface area contributed by atoms with Crippen molar-refractivity contribution in [3.8, 4) is 0 Å². The monoisotopic (exact) mass is 1190 g/mol. The zero-order valence-corrected chi connectivity index (χ0v) is 50.2. The smallest absolute Gasteiger partial charge is 0.302 e. The third kappa shape index (κ3) is 14.9. The molecule has 5 saturated heterocycles. The van der Waals surface area contributed by atoms with E-state index in [0.29, 0.717) is 6.42 Å². The molecular weight excluding hydrogens is 1090 g/mol. The van der Waals surface area contributed by atoms with Crippen molar-refractivity contribution in [2.24, 2.45) is 29.6 Å². The first-order valence-electron chi connectivity index (χ1n) is 27.2. The summed E-state index contributed by atoms with van der Waals surface area (Å²) in [5, 5.41) is 98.4. The van der Waals surface area contributed by atoms with Crippen LogP contribution in [0.1, 0.15) is 145 Å².